The lowest BCUT2D eigenvalue weighted by atomic mass is 10.2. The number of carbonyl (C=O) groups is 1. The lowest BCUT2D eigenvalue weighted by Gasteiger charge is -2.23. The van der Waals surface area contributed by atoms with Crippen LogP contribution >= 0.6 is 0 Å². The molecule has 1 amide bonds. The molecule has 0 radical (unpaired) electrons. The summed E-state index contributed by atoms with van der Waals surface area (Å²) in [5.41, 5.74) is 5.67. The lowest BCUT2D eigenvalue weighted by Crippen LogP contribution is -2.46. The van der Waals surface area contributed by atoms with Crippen molar-refractivity contribution in [3.8, 4) is 0 Å². The number of nitrogens with one attached hydrogen (secondary N) is 1. The third-order valence-electron chi connectivity index (χ3n) is 3.82. The molecule has 1 aliphatic heterocycles. The average molecular weight is 310 g/mol. The number of aromatic nitrogens is 1. The van der Waals surface area contributed by atoms with Gasteiger partial charge in [-0.25, -0.2) is 13.4 Å². The van der Waals surface area contributed by atoms with Crippen LogP contribution in [0.4, 0.5) is 5.82 Å². The van der Waals surface area contributed by atoms with Crippen LogP contribution in [0, 0.1) is 0 Å². The largest absolute Gasteiger partial charge is 0.383 e. The number of nitrogens with two attached hydrogens (primary N) is 1. The summed E-state index contributed by atoms with van der Waals surface area (Å²) in [6.45, 7) is 0.333. The number of hydrogen-bond acceptors (Lipinski definition) is 5. The topological polar surface area (TPSA) is 105 Å². The number of nitrogens with zero attached hydrogens (tertiary/aromatic N) is 2. The molecule has 1 aliphatic carbocycles. The molecule has 1 saturated carbocycles. The van der Waals surface area contributed by atoms with Gasteiger partial charge in [-0.05, 0) is 37.8 Å². The van der Waals surface area contributed by atoms with Gasteiger partial charge in [0.2, 0.25) is 15.9 Å². The van der Waals surface area contributed by atoms with Crippen LogP contribution in [0.15, 0.2) is 23.2 Å². The van der Waals surface area contributed by atoms with Crippen molar-refractivity contribution in [3.63, 3.8) is 0 Å². The van der Waals surface area contributed by atoms with Gasteiger partial charge in [-0.3, -0.25) is 4.79 Å². The van der Waals surface area contributed by atoms with Gasteiger partial charge in [-0.1, -0.05) is 0 Å². The highest BCUT2D eigenvalue weighted by Crippen LogP contribution is 2.29. The molecule has 3 rings (SSSR count). The molecule has 0 aromatic carbocycles. The van der Waals surface area contributed by atoms with E-state index in [0.29, 0.717) is 19.4 Å². The van der Waals surface area contributed by atoms with Crippen LogP contribution in [0.2, 0.25) is 0 Å². The number of hydrogen-bond donors (Lipinski definition) is 2. The predicted octanol–water partition coefficient (Wildman–Crippen LogP) is 0.0955. The molecule has 1 aromatic rings. The molecule has 1 unspecified atom stereocenters. The Morgan fingerprint density at radius 1 is 1.38 bits per heavy atom. The highest BCUT2D eigenvalue weighted by atomic mass is 32.2. The first kappa shape index (κ1) is 14.3. The molecule has 2 heterocycles. The van der Waals surface area contributed by atoms with Crippen molar-refractivity contribution in [1.29, 1.82) is 0 Å². The fourth-order valence-electron chi connectivity index (χ4n) is 2.56. The molecule has 1 atom stereocenters. The zero-order valence-electron chi connectivity index (χ0n) is 11.5. The maximum Gasteiger partial charge on any atom is 0.247 e. The number of carbonyl (C=O) groups excluding carboxylic acids is 1. The summed E-state index contributed by atoms with van der Waals surface area (Å²) in [4.78, 5) is 16.0. The highest BCUT2D eigenvalue weighted by molar-refractivity contribution is 7.89. The summed E-state index contributed by atoms with van der Waals surface area (Å²) in [7, 11) is -3.79. The molecule has 8 heteroatoms. The summed E-state index contributed by atoms with van der Waals surface area (Å²) in [5.74, 6) is -0.244. The van der Waals surface area contributed by atoms with Crippen LogP contribution in [0.1, 0.15) is 25.7 Å². The molecule has 21 heavy (non-hydrogen) atoms. The van der Waals surface area contributed by atoms with Crippen molar-refractivity contribution in [2.45, 2.75) is 42.7 Å². The van der Waals surface area contributed by atoms with E-state index < -0.39 is 16.1 Å². The Hall–Kier alpha value is -1.67. The fourth-order valence-corrected chi connectivity index (χ4v) is 4.29. The van der Waals surface area contributed by atoms with Crippen LogP contribution in [0.3, 0.4) is 0 Å². The van der Waals surface area contributed by atoms with Crippen molar-refractivity contribution >= 4 is 21.7 Å². The summed E-state index contributed by atoms with van der Waals surface area (Å²) >= 11 is 0. The first-order chi connectivity index (χ1) is 10.00. The van der Waals surface area contributed by atoms with Gasteiger partial charge in [-0.2, -0.15) is 4.31 Å². The smallest absolute Gasteiger partial charge is 0.247 e. The molecule has 1 aromatic heterocycles. The van der Waals surface area contributed by atoms with E-state index in [9.17, 15) is 13.2 Å². The second-order valence-electron chi connectivity index (χ2n) is 5.44. The summed E-state index contributed by atoms with van der Waals surface area (Å²) < 4.78 is 26.6. The minimum absolute atomic E-state index is 0.0314. The second kappa shape index (κ2) is 5.27. The van der Waals surface area contributed by atoms with Gasteiger partial charge >= 0.3 is 0 Å². The Balaban J connectivity index is 1.86. The molecule has 0 spiro atoms. The summed E-state index contributed by atoms with van der Waals surface area (Å²) in [5, 5.41) is 2.87. The first-order valence-corrected chi connectivity index (χ1v) is 8.47. The van der Waals surface area contributed by atoms with E-state index in [1.165, 1.54) is 22.6 Å². The van der Waals surface area contributed by atoms with Gasteiger partial charge < -0.3 is 11.1 Å². The van der Waals surface area contributed by atoms with Gasteiger partial charge in [0, 0.05) is 18.8 Å². The third kappa shape index (κ3) is 2.73. The van der Waals surface area contributed by atoms with Gasteiger partial charge in [-0.15, -0.1) is 0 Å². The highest BCUT2D eigenvalue weighted by Gasteiger charge is 2.41. The van der Waals surface area contributed by atoms with E-state index in [4.69, 9.17) is 5.73 Å². The van der Waals surface area contributed by atoms with E-state index in [2.05, 4.69) is 10.3 Å². The maximum absolute atomic E-state index is 12.7. The Kier molecular flexibility index (Phi) is 3.58. The fraction of sp³-hybridized carbons (Fsp3) is 0.538. The van der Waals surface area contributed by atoms with Gasteiger partial charge in [0.05, 0.1) is 0 Å². The maximum atomic E-state index is 12.7. The quantitative estimate of drug-likeness (QED) is 0.820. The molecule has 114 valence electrons. The van der Waals surface area contributed by atoms with Crippen molar-refractivity contribution in [1.82, 2.24) is 14.6 Å². The van der Waals surface area contributed by atoms with Crippen LogP contribution in [0.5, 0.6) is 0 Å². The SMILES string of the molecule is Nc1ncccc1S(=O)(=O)N1CCCC1C(=O)NC1CC1. The van der Waals surface area contributed by atoms with E-state index in [1.807, 2.05) is 0 Å². The molecule has 7 nitrogen and oxygen atoms in total. The zero-order valence-corrected chi connectivity index (χ0v) is 12.3. The van der Waals surface area contributed by atoms with Crippen LogP contribution in [-0.2, 0) is 14.8 Å². The van der Waals surface area contributed by atoms with Gasteiger partial charge in [0.25, 0.3) is 0 Å². The molecule has 1 saturated heterocycles. The molecular weight excluding hydrogens is 292 g/mol. The predicted molar refractivity (Wildman–Crippen MR) is 76.7 cm³/mol. The first-order valence-electron chi connectivity index (χ1n) is 7.03. The third-order valence-corrected chi connectivity index (χ3v) is 5.77. The Bertz CT molecular complexity index is 657. The number of pyridine rings is 1. The minimum Gasteiger partial charge on any atom is -0.383 e. The van der Waals surface area contributed by atoms with Gasteiger partial charge in [0.1, 0.15) is 16.8 Å². The number of nitrogen functional groups attached to an aromatic ring is 1. The number of amides is 1. The van der Waals surface area contributed by atoms with E-state index in [-0.39, 0.29) is 22.7 Å². The van der Waals surface area contributed by atoms with Crippen LogP contribution in [0.25, 0.3) is 0 Å². The van der Waals surface area contributed by atoms with Crippen molar-refractivity contribution in [2.24, 2.45) is 0 Å². The number of sulfonamides is 1. The molecule has 3 N–H and O–H groups in total. The monoisotopic (exact) mass is 310 g/mol. The zero-order chi connectivity index (χ0) is 15.0. The summed E-state index contributed by atoms with van der Waals surface area (Å²) in [6, 6.07) is 2.52. The second-order valence-corrected chi connectivity index (χ2v) is 7.30. The minimum atomic E-state index is -3.79. The van der Waals surface area contributed by atoms with E-state index >= 15 is 0 Å². The lowest BCUT2D eigenvalue weighted by molar-refractivity contribution is -0.124. The summed E-state index contributed by atoms with van der Waals surface area (Å²) in [6.07, 6.45) is 4.59. The molecular formula is C13H18N4O3S. The van der Waals surface area contributed by atoms with Crippen molar-refractivity contribution in [2.75, 3.05) is 12.3 Å². The molecule has 2 fully saturated rings. The normalized spacial score (nSPS) is 23.1. The van der Waals surface area contributed by atoms with Crippen LogP contribution in [-0.4, -0.2) is 42.2 Å². The van der Waals surface area contributed by atoms with Crippen molar-refractivity contribution in [3.05, 3.63) is 18.3 Å². The number of rotatable bonds is 4. The van der Waals surface area contributed by atoms with Gasteiger partial charge in [0.15, 0.2) is 0 Å². The number of anilines is 1. The standard InChI is InChI=1S/C13H18N4O3S/c14-12-11(4-1-7-15-12)21(19,20)17-8-2-3-10(17)13(18)16-9-5-6-9/h1,4,7,9-10H,2-3,5-6,8H2,(H2,14,15)(H,16,18). The Labute approximate surface area is 123 Å². The Morgan fingerprint density at radius 2 is 2.14 bits per heavy atom. The average Bonchev–Trinajstić information content (AvgIpc) is 3.10. The molecule has 2 aliphatic rings. The van der Waals surface area contributed by atoms with E-state index in [1.54, 1.807) is 0 Å². The van der Waals surface area contributed by atoms with Crippen molar-refractivity contribution < 1.29 is 13.2 Å². The van der Waals surface area contributed by atoms with Crippen LogP contribution < -0.4 is 11.1 Å². The molecule has 0 bridgehead atoms. The van der Waals surface area contributed by atoms with E-state index in [0.717, 1.165) is 12.8 Å². The Morgan fingerprint density at radius 3 is 2.81 bits per heavy atom.